The Bertz CT molecular complexity index is 1540. The van der Waals surface area contributed by atoms with Crippen LogP contribution < -0.4 is 4.98 Å². The van der Waals surface area contributed by atoms with E-state index >= 15 is 0 Å². The van der Waals surface area contributed by atoms with Crippen LogP contribution in [0.2, 0.25) is 0 Å². The van der Waals surface area contributed by atoms with Gasteiger partial charge in [-0.3, -0.25) is 4.99 Å². The number of rotatable bonds is 5. The van der Waals surface area contributed by atoms with Gasteiger partial charge in [-0.05, 0) is 39.8 Å². The Hall–Kier alpha value is -4.76. The van der Waals surface area contributed by atoms with E-state index in [-0.39, 0.29) is 0 Å². The summed E-state index contributed by atoms with van der Waals surface area (Å²) in [4.78, 5) is 15.0. The number of allylic oxidation sites excluding steroid dienone is 1. The zero-order valence-electron chi connectivity index (χ0n) is 19.0. The van der Waals surface area contributed by atoms with Gasteiger partial charge >= 0.3 is 0 Å². The molecule has 1 aliphatic heterocycles. The number of aliphatic imine (C=N–C) groups is 2. The number of hydrogen-bond donors (Lipinski definition) is 0. The van der Waals surface area contributed by atoms with E-state index in [1.165, 1.54) is 0 Å². The molecule has 0 bridgehead atoms. The summed E-state index contributed by atoms with van der Waals surface area (Å²) in [5.41, 5.74) is 8.08. The standard InChI is InChI=1S/C32H22N3/c1-5-13-23(14-6-1)27-21-29(25-17-9-3-10-18-25)33-31(27)35-32-28(24-15-7-2-8-16-24)22-30(34-32)26-19-11-4-12-20-26/h1-22H/q-1/b35-31-. The van der Waals surface area contributed by atoms with Gasteiger partial charge in [0.1, 0.15) is 0 Å². The largest absolute Gasteiger partial charge is 0.435 e. The Morgan fingerprint density at radius 2 is 1.06 bits per heavy atom. The molecule has 2 heterocycles. The zero-order chi connectivity index (χ0) is 23.5. The van der Waals surface area contributed by atoms with Crippen molar-refractivity contribution in [2.75, 3.05) is 0 Å². The van der Waals surface area contributed by atoms with Crippen molar-refractivity contribution in [2.24, 2.45) is 9.98 Å². The number of nitrogens with zero attached hydrogens (tertiary/aromatic N) is 3. The van der Waals surface area contributed by atoms with E-state index in [4.69, 9.17) is 15.0 Å². The Morgan fingerprint density at radius 1 is 0.543 bits per heavy atom. The Labute approximate surface area is 204 Å². The predicted molar refractivity (Wildman–Crippen MR) is 145 cm³/mol. The molecule has 3 nitrogen and oxygen atoms in total. The van der Waals surface area contributed by atoms with Gasteiger partial charge in [-0.25, -0.2) is 0 Å². The van der Waals surface area contributed by atoms with Gasteiger partial charge in [0.25, 0.3) is 0 Å². The van der Waals surface area contributed by atoms with Crippen LogP contribution >= 0.6 is 0 Å². The second-order valence-electron chi connectivity index (χ2n) is 8.33. The van der Waals surface area contributed by atoms with E-state index in [0.717, 1.165) is 44.8 Å². The van der Waals surface area contributed by atoms with Gasteiger partial charge in [-0.1, -0.05) is 127 Å². The van der Waals surface area contributed by atoms with Crippen LogP contribution in [0.4, 0.5) is 5.82 Å². The summed E-state index contributed by atoms with van der Waals surface area (Å²) in [7, 11) is 0. The third kappa shape index (κ3) is 4.28. The molecule has 1 aromatic heterocycles. The van der Waals surface area contributed by atoms with Gasteiger partial charge in [0.05, 0.1) is 11.5 Å². The first-order valence-electron chi connectivity index (χ1n) is 11.6. The van der Waals surface area contributed by atoms with Crippen molar-refractivity contribution in [1.29, 1.82) is 0 Å². The molecule has 166 valence electrons. The fourth-order valence-corrected chi connectivity index (χ4v) is 4.26. The third-order valence-corrected chi connectivity index (χ3v) is 6.02. The molecule has 3 heteroatoms. The van der Waals surface area contributed by atoms with Gasteiger partial charge in [-0.2, -0.15) is 0 Å². The molecule has 6 rings (SSSR count). The fourth-order valence-electron chi connectivity index (χ4n) is 4.26. The summed E-state index contributed by atoms with van der Waals surface area (Å²) in [6.45, 7) is 0. The normalized spacial score (nSPS) is 14.1. The average molecular weight is 449 g/mol. The minimum absolute atomic E-state index is 0.671. The lowest BCUT2D eigenvalue weighted by atomic mass is 10.0. The van der Waals surface area contributed by atoms with Crippen LogP contribution in [0.5, 0.6) is 0 Å². The van der Waals surface area contributed by atoms with Crippen LogP contribution in [0.25, 0.3) is 28.0 Å². The topological polar surface area (TPSA) is 38.8 Å². The maximum Gasteiger partial charge on any atom is 0.0712 e. The molecule has 0 atom stereocenters. The molecule has 35 heavy (non-hydrogen) atoms. The van der Waals surface area contributed by atoms with E-state index in [1.54, 1.807) is 0 Å². The zero-order valence-corrected chi connectivity index (χ0v) is 19.0. The van der Waals surface area contributed by atoms with Crippen LogP contribution in [0.1, 0.15) is 11.1 Å². The number of aromatic nitrogens is 1. The molecular formula is C32H22N3-. The first-order chi connectivity index (χ1) is 17.3. The first kappa shape index (κ1) is 20.8. The Kier molecular flexibility index (Phi) is 5.50. The van der Waals surface area contributed by atoms with E-state index in [0.29, 0.717) is 11.7 Å². The van der Waals surface area contributed by atoms with E-state index in [9.17, 15) is 0 Å². The van der Waals surface area contributed by atoms with Crippen LogP contribution in [-0.2, 0) is 0 Å². The van der Waals surface area contributed by atoms with Gasteiger partial charge < -0.3 is 9.98 Å². The minimum Gasteiger partial charge on any atom is -0.435 e. The molecule has 0 N–H and O–H groups in total. The van der Waals surface area contributed by atoms with Crippen LogP contribution in [0.3, 0.4) is 0 Å². The maximum absolute atomic E-state index is 5.06. The summed E-state index contributed by atoms with van der Waals surface area (Å²) in [5, 5.41) is 0. The van der Waals surface area contributed by atoms with Gasteiger partial charge in [0.2, 0.25) is 0 Å². The highest BCUT2D eigenvalue weighted by molar-refractivity contribution is 6.38. The summed E-state index contributed by atoms with van der Waals surface area (Å²) < 4.78 is 0. The molecule has 0 fully saturated rings. The number of benzene rings is 4. The highest BCUT2D eigenvalue weighted by atomic mass is 15.0. The molecule has 0 radical (unpaired) electrons. The van der Waals surface area contributed by atoms with Crippen molar-refractivity contribution in [3.63, 3.8) is 0 Å². The molecule has 1 aliphatic rings. The summed E-state index contributed by atoms with van der Waals surface area (Å²) in [5.74, 6) is 1.34. The summed E-state index contributed by atoms with van der Waals surface area (Å²) in [6.07, 6.45) is 2.12. The van der Waals surface area contributed by atoms with Crippen molar-refractivity contribution in [2.45, 2.75) is 0 Å². The van der Waals surface area contributed by atoms with Crippen LogP contribution in [0.15, 0.2) is 143 Å². The quantitative estimate of drug-likeness (QED) is 0.273. The minimum atomic E-state index is 0.671. The maximum atomic E-state index is 5.06. The molecule has 0 unspecified atom stereocenters. The van der Waals surface area contributed by atoms with Crippen LogP contribution in [-0.4, -0.2) is 11.5 Å². The van der Waals surface area contributed by atoms with Crippen molar-refractivity contribution >= 4 is 22.9 Å². The number of amidine groups is 1. The molecule has 4 aromatic carbocycles. The lowest BCUT2D eigenvalue weighted by molar-refractivity contribution is 1.30. The third-order valence-electron chi connectivity index (χ3n) is 6.02. The molecule has 0 saturated carbocycles. The molecule has 0 spiro atoms. The molecular weight excluding hydrogens is 426 g/mol. The second-order valence-corrected chi connectivity index (χ2v) is 8.33. The SMILES string of the molecule is C1=C(c2ccccc2)/C(=N/c2[n-]c(-c3ccccc3)cc2-c2ccccc2)N=C1c1ccccc1. The molecule has 5 aromatic rings. The average Bonchev–Trinajstić information content (AvgIpc) is 3.56. The van der Waals surface area contributed by atoms with Crippen molar-refractivity contribution in [3.8, 4) is 22.4 Å². The lowest BCUT2D eigenvalue weighted by Crippen LogP contribution is -1.96. The van der Waals surface area contributed by atoms with E-state index < -0.39 is 0 Å². The second kappa shape index (κ2) is 9.24. The predicted octanol–water partition coefficient (Wildman–Crippen LogP) is 7.59. The van der Waals surface area contributed by atoms with Crippen molar-refractivity contribution in [3.05, 3.63) is 145 Å². The fraction of sp³-hybridized carbons (Fsp3) is 0. The highest BCUT2D eigenvalue weighted by Crippen LogP contribution is 2.36. The number of hydrogen-bond acceptors (Lipinski definition) is 1. The van der Waals surface area contributed by atoms with Crippen molar-refractivity contribution in [1.82, 2.24) is 4.98 Å². The van der Waals surface area contributed by atoms with Crippen molar-refractivity contribution < 1.29 is 0 Å². The highest BCUT2D eigenvalue weighted by Gasteiger charge is 2.16. The molecule has 0 amide bonds. The van der Waals surface area contributed by atoms with E-state index in [1.807, 2.05) is 72.8 Å². The Balaban J connectivity index is 1.52. The summed E-state index contributed by atoms with van der Waals surface area (Å²) >= 11 is 0. The van der Waals surface area contributed by atoms with Gasteiger partial charge in [0.15, 0.2) is 0 Å². The summed E-state index contributed by atoms with van der Waals surface area (Å²) in [6, 6.07) is 43.1. The van der Waals surface area contributed by atoms with Crippen LogP contribution in [0, 0.1) is 0 Å². The smallest absolute Gasteiger partial charge is 0.0712 e. The lowest BCUT2D eigenvalue weighted by Gasteiger charge is -2.12. The van der Waals surface area contributed by atoms with Gasteiger partial charge in [-0.15, -0.1) is 0 Å². The van der Waals surface area contributed by atoms with E-state index in [2.05, 4.69) is 60.7 Å². The van der Waals surface area contributed by atoms with Gasteiger partial charge in [0, 0.05) is 11.1 Å². The first-order valence-corrected chi connectivity index (χ1v) is 11.6. The Morgan fingerprint density at radius 3 is 1.66 bits per heavy atom. The molecule has 0 saturated heterocycles. The molecule has 0 aliphatic carbocycles. The monoisotopic (exact) mass is 448 g/mol.